The van der Waals surface area contributed by atoms with E-state index in [4.69, 9.17) is 16.6 Å². The monoisotopic (exact) mass is 364 g/mol. The van der Waals surface area contributed by atoms with Crippen molar-refractivity contribution < 1.29 is 14.7 Å². The van der Waals surface area contributed by atoms with Gasteiger partial charge in [0.15, 0.2) is 0 Å². The lowest BCUT2D eigenvalue weighted by Gasteiger charge is -2.10. The highest BCUT2D eigenvalue weighted by Crippen LogP contribution is 2.29. The van der Waals surface area contributed by atoms with E-state index in [1.165, 1.54) is 30.0 Å². The molecule has 0 aliphatic carbocycles. The Labute approximate surface area is 154 Å². The summed E-state index contributed by atoms with van der Waals surface area (Å²) in [5, 5.41) is 7.93. The number of aldehydes is 1. The zero-order valence-corrected chi connectivity index (χ0v) is 15.8. The number of hydrogen-bond acceptors (Lipinski definition) is 5. The lowest BCUT2D eigenvalue weighted by Crippen LogP contribution is -2.10. The molecule has 0 aliphatic rings. The maximum absolute atomic E-state index is 10.8. The van der Waals surface area contributed by atoms with Gasteiger partial charge in [0, 0.05) is 11.3 Å². The Morgan fingerprint density at radius 2 is 1.80 bits per heavy atom. The number of amides is 1. The SMILES string of the molecule is CC.CC(N)S/C(=C\CC(N)=O)c1ccccc1.O=C/C=C/C=C\O. The van der Waals surface area contributed by atoms with Crippen molar-refractivity contribution in [2.75, 3.05) is 0 Å². The summed E-state index contributed by atoms with van der Waals surface area (Å²) in [6.45, 7) is 5.91. The van der Waals surface area contributed by atoms with E-state index in [1.807, 2.05) is 57.2 Å². The highest BCUT2D eigenvalue weighted by molar-refractivity contribution is 8.08. The van der Waals surface area contributed by atoms with Gasteiger partial charge < -0.3 is 16.6 Å². The predicted molar refractivity (Wildman–Crippen MR) is 108 cm³/mol. The third kappa shape index (κ3) is 16.3. The zero-order chi connectivity index (χ0) is 19.5. The van der Waals surface area contributed by atoms with Gasteiger partial charge in [-0.25, -0.2) is 0 Å². The van der Waals surface area contributed by atoms with Crippen molar-refractivity contribution >= 4 is 28.9 Å². The van der Waals surface area contributed by atoms with Crippen molar-refractivity contribution in [3.05, 3.63) is 66.5 Å². The van der Waals surface area contributed by atoms with Crippen LogP contribution in [0.15, 0.2) is 60.9 Å². The Morgan fingerprint density at radius 3 is 2.24 bits per heavy atom. The minimum Gasteiger partial charge on any atom is -0.516 e. The van der Waals surface area contributed by atoms with Gasteiger partial charge in [-0.3, -0.25) is 9.59 Å². The van der Waals surface area contributed by atoms with E-state index in [0.717, 1.165) is 16.7 Å². The zero-order valence-electron chi connectivity index (χ0n) is 15.0. The van der Waals surface area contributed by atoms with Crippen LogP contribution >= 0.6 is 11.8 Å². The molecule has 0 aliphatic heterocycles. The second-order valence-corrected chi connectivity index (χ2v) is 5.71. The molecule has 1 unspecified atom stereocenters. The van der Waals surface area contributed by atoms with Crippen molar-refractivity contribution in [2.45, 2.75) is 32.6 Å². The summed E-state index contributed by atoms with van der Waals surface area (Å²) in [6.07, 6.45) is 7.64. The first-order valence-electron chi connectivity index (χ1n) is 7.88. The van der Waals surface area contributed by atoms with Crippen LogP contribution in [0.1, 0.15) is 32.8 Å². The lowest BCUT2D eigenvalue weighted by atomic mass is 10.2. The fourth-order valence-electron chi connectivity index (χ4n) is 1.39. The summed E-state index contributed by atoms with van der Waals surface area (Å²) >= 11 is 1.53. The molecule has 1 aromatic carbocycles. The van der Waals surface area contributed by atoms with Crippen LogP contribution in [0.2, 0.25) is 0 Å². The topological polar surface area (TPSA) is 106 Å². The smallest absolute Gasteiger partial charge is 0.221 e. The molecule has 1 atom stereocenters. The Hall–Kier alpha value is -2.31. The molecule has 0 saturated carbocycles. The number of nitrogens with two attached hydrogens (primary N) is 2. The summed E-state index contributed by atoms with van der Waals surface area (Å²) in [6, 6.07) is 9.83. The molecule has 0 heterocycles. The number of thioether (sulfide) groups is 1. The van der Waals surface area contributed by atoms with E-state index >= 15 is 0 Å². The molecule has 0 saturated heterocycles. The van der Waals surface area contributed by atoms with Gasteiger partial charge in [-0.1, -0.05) is 56.3 Å². The van der Waals surface area contributed by atoms with Gasteiger partial charge in [0.2, 0.25) is 5.91 Å². The summed E-state index contributed by atoms with van der Waals surface area (Å²) in [4.78, 5) is 21.2. The van der Waals surface area contributed by atoms with E-state index < -0.39 is 0 Å². The standard InChI is InChI=1S/C12H16N2OS.C5H6O2.C2H6/c1-9(13)16-11(7-8-12(14)15)10-5-3-2-4-6-10;6-4-2-1-3-5-7;1-2/h2-7,9H,8,13H2,1H3,(H2,14,15);1-6H;1-2H3/b11-7-;3-1+,4-2-;. The van der Waals surface area contributed by atoms with Crippen molar-refractivity contribution in [2.24, 2.45) is 11.5 Å². The highest BCUT2D eigenvalue weighted by atomic mass is 32.2. The fourth-order valence-corrected chi connectivity index (χ4v) is 2.24. The van der Waals surface area contributed by atoms with Crippen molar-refractivity contribution in [3.63, 3.8) is 0 Å². The van der Waals surface area contributed by atoms with E-state index in [2.05, 4.69) is 0 Å². The number of allylic oxidation sites excluding steroid dienone is 3. The Bertz CT molecular complexity index is 553. The third-order valence-electron chi connectivity index (χ3n) is 2.25. The van der Waals surface area contributed by atoms with Crippen molar-refractivity contribution in [1.82, 2.24) is 0 Å². The number of carbonyl (C=O) groups is 2. The average molecular weight is 365 g/mol. The van der Waals surface area contributed by atoms with Gasteiger partial charge in [0.05, 0.1) is 11.6 Å². The number of aliphatic hydroxyl groups is 1. The van der Waals surface area contributed by atoms with Crippen molar-refractivity contribution in [3.8, 4) is 0 Å². The number of rotatable bonds is 7. The van der Waals surface area contributed by atoms with Crippen molar-refractivity contribution in [1.29, 1.82) is 0 Å². The number of carbonyl (C=O) groups excluding carboxylic acids is 2. The second-order valence-electron chi connectivity index (χ2n) is 4.29. The first kappa shape index (κ1) is 24.9. The van der Waals surface area contributed by atoms with E-state index in [9.17, 15) is 9.59 Å². The van der Waals surface area contributed by atoms with Crippen LogP contribution in [0, 0.1) is 0 Å². The van der Waals surface area contributed by atoms with E-state index in [1.54, 1.807) is 0 Å². The van der Waals surface area contributed by atoms with Gasteiger partial charge in [0.25, 0.3) is 0 Å². The predicted octanol–water partition coefficient (Wildman–Crippen LogP) is 3.78. The molecule has 6 heteroatoms. The second kappa shape index (κ2) is 18.0. The highest BCUT2D eigenvalue weighted by Gasteiger charge is 2.05. The summed E-state index contributed by atoms with van der Waals surface area (Å²) < 4.78 is 0. The quantitative estimate of drug-likeness (QED) is 0.224. The first-order chi connectivity index (χ1) is 12.0. The van der Waals surface area contributed by atoms with Crippen LogP contribution in [0.25, 0.3) is 4.91 Å². The summed E-state index contributed by atoms with van der Waals surface area (Å²) in [5.74, 6) is -0.335. The van der Waals surface area contributed by atoms with Crippen LogP contribution in [-0.2, 0) is 9.59 Å². The van der Waals surface area contributed by atoms with Gasteiger partial charge in [-0.2, -0.15) is 0 Å². The number of aliphatic hydroxyl groups excluding tert-OH is 1. The molecule has 0 aromatic heterocycles. The molecular formula is C19H28N2O3S. The maximum atomic E-state index is 10.8. The van der Waals surface area contributed by atoms with Gasteiger partial charge in [0.1, 0.15) is 6.29 Å². The number of primary amides is 1. The summed E-state index contributed by atoms with van der Waals surface area (Å²) in [5.41, 5.74) is 11.9. The van der Waals surface area contributed by atoms with E-state index in [0.29, 0.717) is 6.29 Å². The first-order valence-corrected chi connectivity index (χ1v) is 8.76. The van der Waals surface area contributed by atoms with Gasteiger partial charge in [-0.05, 0) is 24.6 Å². The molecule has 0 radical (unpaired) electrons. The Kier molecular flexibility index (Phi) is 18.0. The summed E-state index contributed by atoms with van der Waals surface area (Å²) in [7, 11) is 0. The van der Waals surface area contributed by atoms with Crippen LogP contribution in [0.5, 0.6) is 0 Å². The third-order valence-corrected chi connectivity index (χ3v) is 3.27. The van der Waals surface area contributed by atoms with Gasteiger partial charge >= 0.3 is 0 Å². The Morgan fingerprint density at radius 1 is 1.20 bits per heavy atom. The molecule has 1 amide bonds. The molecule has 0 spiro atoms. The molecule has 25 heavy (non-hydrogen) atoms. The van der Waals surface area contributed by atoms with Crippen LogP contribution < -0.4 is 11.5 Å². The van der Waals surface area contributed by atoms with Crippen LogP contribution in [0.3, 0.4) is 0 Å². The minimum atomic E-state index is -0.335. The molecular weight excluding hydrogens is 336 g/mol. The number of benzene rings is 1. The molecule has 1 aromatic rings. The largest absolute Gasteiger partial charge is 0.516 e. The molecule has 138 valence electrons. The molecule has 1 rings (SSSR count). The number of hydrogen-bond donors (Lipinski definition) is 3. The van der Waals surface area contributed by atoms with Crippen LogP contribution in [0.4, 0.5) is 0 Å². The average Bonchev–Trinajstić information content (AvgIpc) is 2.62. The van der Waals surface area contributed by atoms with Crippen LogP contribution in [-0.4, -0.2) is 22.7 Å². The van der Waals surface area contributed by atoms with E-state index in [-0.39, 0.29) is 17.7 Å². The molecule has 0 fully saturated rings. The molecule has 5 N–H and O–H groups in total. The molecule has 5 nitrogen and oxygen atoms in total. The minimum absolute atomic E-state index is 0.0145. The Balaban J connectivity index is 0. The maximum Gasteiger partial charge on any atom is 0.221 e. The normalized spacial score (nSPS) is 11.9. The fraction of sp³-hybridized carbons (Fsp3) is 0.263. The van der Waals surface area contributed by atoms with Gasteiger partial charge in [-0.15, -0.1) is 11.8 Å². The lowest BCUT2D eigenvalue weighted by molar-refractivity contribution is -0.117. The molecule has 0 bridgehead atoms.